The molecule has 1 aromatic heterocycles. The van der Waals surface area contributed by atoms with Crippen LogP contribution in [-0.2, 0) is 0 Å². The lowest BCUT2D eigenvalue weighted by molar-refractivity contribution is 0.0945. The molecule has 0 radical (unpaired) electrons. The van der Waals surface area contributed by atoms with Crippen LogP contribution in [0.1, 0.15) is 10.4 Å². The van der Waals surface area contributed by atoms with E-state index in [1.165, 1.54) is 0 Å². The standard InChI is InChI=1S/C22H24N4O4/c1-26(14-3-6-16(30-2)7-4-14)15-5-10-20(28)18(13-15)19-9-8-17(21(23)25-19)22(29)24-11-12-27/h3-10,13,27-28H,11-12H2,1-2H3,(H2,23,25)(H,24,29). The van der Waals surface area contributed by atoms with E-state index in [9.17, 15) is 9.90 Å². The Morgan fingerprint density at radius 2 is 1.83 bits per heavy atom. The number of benzene rings is 2. The number of nitrogens with zero attached hydrogens (tertiary/aromatic N) is 2. The molecule has 0 spiro atoms. The van der Waals surface area contributed by atoms with Gasteiger partial charge in [0.15, 0.2) is 0 Å². The zero-order valence-electron chi connectivity index (χ0n) is 16.8. The van der Waals surface area contributed by atoms with Gasteiger partial charge in [-0.15, -0.1) is 0 Å². The number of anilines is 3. The van der Waals surface area contributed by atoms with Crippen molar-refractivity contribution >= 4 is 23.1 Å². The number of nitrogens with one attached hydrogen (secondary N) is 1. The summed E-state index contributed by atoms with van der Waals surface area (Å²) in [6.45, 7) is -0.0416. The van der Waals surface area contributed by atoms with Crippen molar-refractivity contribution in [1.82, 2.24) is 10.3 Å². The van der Waals surface area contributed by atoms with Gasteiger partial charge in [-0.3, -0.25) is 4.79 Å². The van der Waals surface area contributed by atoms with Crippen LogP contribution in [0.15, 0.2) is 54.6 Å². The maximum absolute atomic E-state index is 12.1. The van der Waals surface area contributed by atoms with E-state index in [1.54, 1.807) is 37.4 Å². The molecule has 0 unspecified atom stereocenters. The second kappa shape index (κ2) is 9.15. The largest absolute Gasteiger partial charge is 0.507 e. The normalized spacial score (nSPS) is 10.5. The summed E-state index contributed by atoms with van der Waals surface area (Å²) in [5, 5.41) is 21.7. The number of hydrogen-bond acceptors (Lipinski definition) is 7. The third-order valence-electron chi connectivity index (χ3n) is 4.67. The monoisotopic (exact) mass is 408 g/mol. The van der Waals surface area contributed by atoms with Crippen LogP contribution in [-0.4, -0.2) is 48.4 Å². The van der Waals surface area contributed by atoms with Crippen molar-refractivity contribution in [2.75, 3.05) is 37.9 Å². The molecule has 1 heterocycles. The predicted octanol–water partition coefficient (Wildman–Crippen LogP) is 2.54. The highest BCUT2D eigenvalue weighted by Crippen LogP contribution is 2.35. The molecule has 0 saturated heterocycles. The van der Waals surface area contributed by atoms with Crippen molar-refractivity contribution < 1.29 is 19.7 Å². The molecule has 0 fully saturated rings. The van der Waals surface area contributed by atoms with E-state index in [4.69, 9.17) is 15.6 Å². The smallest absolute Gasteiger partial charge is 0.255 e. The Balaban J connectivity index is 1.91. The van der Waals surface area contributed by atoms with Crippen LogP contribution in [0.4, 0.5) is 17.2 Å². The highest BCUT2D eigenvalue weighted by Gasteiger charge is 2.15. The molecule has 30 heavy (non-hydrogen) atoms. The highest BCUT2D eigenvalue weighted by atomic mass is 16.5. The average molecular weight is 408 g/mol. The first-order chi connectivity index (χ1) is 14.4. The van der Waals surface area contributed by atoms with Crippen molar-refractivity contribution in [2.24, 2.45) is 0 Å². The number of carbonyl (C=O) groups excluding carboxylic acids is 1. The van der Waals surface area contributed by atoms with Gasteiger partial charge in [-0.1, -0.05) is 0 Å². The first-order valence-electron chi connectivity index (χ1n) is 9.31. The Labute approximate surface area is 174 Å². The molecule has 0 aliphatic rings. The molecule has 1 amide bonds. The van der Waals surface area contributed by atoms with Gasteiger partial charge in [0.2, 0.25) is 0 Å². The Morgan fingerprint density at radius 1 is 1.13 bits per heavy atom. The number of aliphatic hydroxyl groups is 1. The number of ether oxygens (including phenoxy) is 1. The minimum absolute atomic E-state index is 0.0382. The number of nitrogens with two attached hydrogens (primary N) is 1. The molecule has 5 N–H and O–H groups in total. The van der Waals surface area contributed by atoms with Gasteiger partial charge in [0, 0.05) is 30.5 Å². The lowest BCUT2D eigenvalue weighted by Gasteiger charge is -2.21. The molecule has 0 aliphatic heterocycles. The van der Waals surface area contributed by atoms with E-state index in [1.807, 2.05) is 36.2 Å². The van der Waals surface area contributed by atoms with E-state index in [2.05, 4.69) is 10.3 Å². The number of nitrogen functional groups attached to an aromatic ring is 1. The summed E-state index contributed by atoms with van der Waals surface area (Å²) in [4.78, 5) is 18.3. The average Bonchev–Trinajstić information content (AvgIpc) is 2.77. The van der Waals surface area contributed by atoms with Crippen molar-refractivity contribution in [3.05, 3.63) is 60.2 Å². The molecule has 2 aromatic carbocycles. The van der Waals surface area contributed by atoms with Gasteiger partial charge < -0.3 is 30.9 Å². The van der Waals surface area contributed by atoms with E-state index in [0.29, 0.717) is 11.3 Å². The molecule has 0 aliphatic carbocycles. The van der Waals surface area contributed by atoms with Crippen molar-refractivity contribution in [3.63, 3.8) is 0 Å². The lowest BCUT2D eigenvalue weighted by Crippen LogP contribution is -2.27. The second-order valence-corrected chi connectivity index (χ2v) is 6.57. The fourth-order valence-electron chi connectivity index (χ4n) is 2.97. The third kappa shape index (κ3) is 4.44. The highest BCUT2D eigenvalue weighted by molar-refractivity contribution is 5.98. The number of carbonyl (C=O) groups is 1. The number of hydrogen-bond donors (Lipinski definition) is 4. The Morgan fingerprint density at radius 3 is 2.47 bits per heavy atom. The molecule has 8 heteroatoms. The lowest BCUT2D eigenvalue weighted by atomic mass is 10.1. The number of aromatic nitrogens is 1. The summed E-state index contributed by atoms with van der Waals surface area (Å²) in [6, 6.07) is 16.0. The quantitative estimate of drug-likeness (QED) is 0.474. The zero-order chi connectivity index (χ0) is 21.7. The number of aromatic hydroxyl groups is 1. The SMILES string of the molecule is COc1ccc(N(C)c2ccc(O)c(-c3ccc(C(=O)NCCO)c(N)n3)c2)cc1. The maximum atomic E-state index is 12.1. The first-order valence-corrected chi connectivity index (χ1v) is 9.31. The zero-order valence-corrected chi connectivity index (χ0v) is 16.8. The summed E-state index contributed by atoms with van der Waals surface area (Å²) in [5.41, 5.74) is 8.86. The molecular weight excluding hydrogens is 384 g/mol. The van der Waals surface area contributed by atoms with Crippen LogP contribution in [0.5, 0.6) is 11.5 Å². The van der Waals surface area contributed by atoms with Gasteiger partial charge in [-0.2, -0.15) is 0 Å². The molecule has 0 bridgehead atoms. The number of phenols is 1. The van der Waals surface area contributed by atoms with Gasteiger partial charge >= 0.3 is 0 Å². The molecule has 3 aromatic rings. The Hall–Kier alpha value is -3.78. The van der Waals surface area contributed by atoms with Gasteiger partial charge in [0.1, 0.15) is 17.3 Å². The molecule has 156 valence electrons. The summed E-state index contributed by atoms with van der Waals surface area (Å²) in [7, 11) is 3.53. The van der Waals surface area contributed by atoms with Crippen LogP contribution in [0.25, 0.3) is 11.3 Å². The van der Waals surface area contributed by atoms with Gasteiger partial charge in [0.25, 0.3) is 5.91 Å². The number of amides is 1. The summed E-state index contributed by atoms with van der Waals surface area (Å²) in [5.74, 6) is 0.432. The molecule has 0 saturated carbocycles. The van der Waals surface area contributed by atoms with Crippen LogP contribution < -0.4 is 20.7 Å². The third-order valence-corrected chi connectivity index (χ3v) is 4.67. The number of phenolic OH excluding ortho intramolecular Hbond substituents is 1. The van der Waals surface area contributed by atoms with Gasteiger partial charge in [0.05, 0.1) is 25.0 Å². The predicted molar refractivity (Wildman–Crippen MR) is 116 cm³/mol. The minimum Gasteiger partial charge on any atom is -0.507 e. The van der Waals surface area contributed by atoms with E-state index >= 15 is 0 Å². The Bertz CT molecular complexity index is 1040. The number of aliphatic hydroxyl groups excluding tert-OH is 1. The fourth-order valence-corrected chi connectivity index (χ4v) is 2.97. The van der Waals surface area contributed by atoms with Crippen LogP contribution in [0.3, 0.4) is 0 Å². The summed E-state index contributed by atoms with van der Waals surface area (Å²) < 4.78 is 5.19. The number of methoxy groups -OCH3 is 1. The van der Waals surface area contributed by atoms with Crippen LogP contribution in [0.2, 0.25) is 0 Å². The van der Waals surface area contributed by atoms with Crippen molar-refractivity contribution in [1.29, 1.82) is 0 Å². The summed E-state index contributed by atoms with van der Waals surface area (Å²) in [6.07, 6.45) is 0. The topological polar surface area (TPSA) is 121 Å². The van der Waals surface area contributed by atoms with Crippen molar-refractivity contribution in [2.45, 2.75) is 0 Å². The van der Waals surface area contributed by atoms with E-state index in [-0.39, 0.29) is 30.3 Å². The molecule has 0 atom stereocenters. The number of pyridine rings is 1. The van der Waals surface area contributed by atoms with Crippen molar-refractivity contribution in [3.8, 4) is 22.8 Å². The van der Waals surface area contributed by atoms with E-state index in [0.717, 1.165) is 17.1 Å². The second-order valence-electron chi connectivity index (χ2n) is 6.57. The molecular formula is C22H24N4O4. The van der Waals surface area contributed by atoms with Crippen LogP contribution >= 0.6 is 0 Å². The van der Waals surface area contributed by atoms with Crippen LogP contribution in [0, 0.1) is 0 Å². The molecule has 3 rings (SSSR count). The number of rotatable bonds is 7. The van der Waals surface area contributed by atoms with E-state index < -0.39 is 5.91 Å². The minimum atomic E-state index is -0.419. The fraction of sp³-hybridized carbons (Fsp3) is 0.182. The van der Waals surface area contributed by atoms with Gasteiger partial charge in [-0.05, 0) is 54.6 Å². The maximum Gasteiger partial charge on any atom is 0.255 e. The summed E-state index contributed by atoms with van der Waals surface area (Å²) >= 11 is 0. The molecule has 8 nitrogen and oxygen atoms in total. The Kier molecular flexibility index (Phi) is 6.38. The van der Waals surface area contributed by atoms with Gasteiger partial charge in [-0.25, -0.2) is 4.98 Å². The first kappa shape index (κ1) is 20.9.